The molecule has 0 aliphatic carbocycles. The highest BCUT2D eigenvalue weighted by atomic mass is 35.5. The first-order chi connectivity index (χ1) is 8.88. The summed E-state index contributed by atoms with van der Waals surface area (Å²) < 4.78 is 5.76. The number of carbonyl (C=O) groups is 1. The Kier molecular flexibility index (Phi) is 4.16. The van der Waals surface area contributed by atoms with Gasteiger partial charge in [0.2, 0.25) is 5.91 Å². The van der Waals surface area contributed by atoms with Gasteiger partial charge in [-0.05, 0) is 17.7 Å². The van der Waals surface area contributed by atoms with Crippen molar-refractivity contribution in [2.24, 2.45) is 5.41 Å². The third-order valence-electron chi connectivity index (χ3n) is 3.24. The van der Waals surface area contributed by atoms with Crippen molar-refractivity contribution in [3.63, 3.8) is 0 Å². The second-order valence-electron chi connectivity index (χ2n) is 5.91. The number of ether oxygens (including phenoxy) is 1. The maximum Gasteiger partial charge on any atom is 0.228 e. The van der Waals surface area contributed by atoms with Crippen LogP contribution in [0.3, 0.4) is 0 Å². The highest BCUT2D eigenvalue weighted by Gasteiger charge is 2.31. The Morgan fingerprint density at radius 1 is 1.32 bits per heavy atom. The minimum Gasteiger partial charge on any atom is -0.370 e. The lowest BCUT2D eigenvalue weighted by atomic mass is 9.94. The molecule has 4 heteroatoms. The van der Waals surface area contributed by atoms with Gasteiger partial charge in [-0.1, -0.05) is 44.5 Å². The van der Waals surface area contributed by atoms with Crippen molar-refractivity contribution in [3.8, 4) is 0 Å². The van der Waals surface area contributed by atoms with Crippen LogP contribution in [0.2, 0.25) is 5.02 Å². The molecule has 0 aromatic heterocycles. The largest absolute Gasteiger partial charge is 0.370 e. The van der Waals surface area contributed by atoms with Gasteiger partial charge >= 0.3 is 0 Å². The van der Waals surface area contributed by atoms with Crippen LogP contribution in [0.4, 0.5) is 0 Å². The molecule has 0 bridgehead atoms. The lowest BCUT2D eigenvalue weighted by molar-refractivity contribution is -0.147. The number of halogens is 1. The van der Waals surface area contributed by atoms with Crippen molar-refractivity contribution in [1.29, 1.82) is 0 Å². The van der Waals surface area contributed by atoms with E-state index in [0.29, 0.717) is 24.7 Å². The van der Waals surface area contributed by atoms with Crippen molar-refractivity contribution >= 4 is 17.5 Å². The number of nitrogens with zero attached hydrogens (tertiary/aromatic N) is 1. The van der Waals surface area contributed by atoms with Gasteiger partial charge in [-0.3, -0.25) is 4.79 Å². The third kappa shape index (κ3) is 3.48. The molecule has 1 heterocycles. The molecule has 1 amide bonds. The molecule has 19 heavy (non-hydrogen) atoms. The Balaban J connectivity index is 2.09. The first-order valence-corrected chi connectivity index (χ1v) is 6.92. The Labute approximate surface area is 119 Å². The summed E-state index contributed by atoms with van der Waals surface area (Å²) in [5.41, 5.74) is 0.720. The van der Waals surface area contributed by atoms with Gasteiger partial charge in [0.05, 0.1) is 13.2 Å². The van der Waals surface area contributed by atoms with Crippen LogP contribution in [0.25, 0.3) is 0 Å². The van der Waals surface area contributed by atoms with Gasteiger partial charge in [0.15, 0.2) is 0 Å². The van der Waals surface area contributed by atoms with E-state index in [1.807, 2.05) is 49.9 Å². The maximum atomic E-state index is 12.3. The van der Waals surface area contributed by atoms with Crippen molar-refractivity contribution in [2.45, 2.75) is 26.9 Å². The molecule has 1 unspecified atom stereocenters. The quantitative estimate of drug-likeness (QED) is 0.790. The van der Waals surface area contributed by atoms with Gasteiger partial charge in [-0.15, -0.1) is 0 Å². The van der Waals surface area contributed by atoms with Gasteiger partial charge in [-0.2, -0.15) is 0 Å². The molecule has 2 rings (SSSR count). The molecule has 1 aliphatic heterocycles. The molecular weight excluding hydrogens is 262 g/mol. The van der Waals surface area contributed by atoms with Crippen LogP contribution in [-0.2, 0) is 9.53 Å². The van der Waals surface area contributed by atoms with Crippen LogP contribution in [0.15, 0.2) is 24.3 Å². The van der Waals surface area contributed by atoms with Crippen LogP contribution in [0.5, 0.6) is 0 Å². The molecule has 0 spiro atoms. The normalized spacial score (nSPS) is 20.4. The number of rotatable bonds is 1. The second kappa shape index (κ2) is 5.51. The fourth-order valence-electron chi connectivity index (χ4n) is 2.19. The second-order valence-corrected chi connectivity index (χ2v) is 6.35. The third-order valence-corrected chi connectivity index (χ3v) is 3.49. The van der Waals surface area contributed by atoms with Gasteiger partial charge in [0.25, 0.3) is 0 Å². The first kappa shape index (κ1) is 14.4. The average Bonchev–Trinajstić information content (AvgIpc) is 2.38. The zero-order valence-electron chi connectivity index (χ0n) is 11.6. The summed E-state index contributed by atoms with van der Waals surface area (Å²) in [6.07, 6.45) is -0.0580. The average molecular weight is 282 g/mol. The van der Waals surface area contributed by atoms with Gasteiger partial charge in [-0.25, -0.2) is 0 Å². The number of hydrogen-bond acceptors (Lipinski definition) is 2. The van der Waals surface area contributed by atoms with E-state index in [1.54, 1.807) is 0 Å². The lowest BCUT2D eigenvalue weighted by Crippen LogP contribution is -2.46. The SMILES string of the molecule is CC(C)(C)C(=O)N1CCOC(c2ccc(Cl)cc2)C1. The Morgan fingerprint density at radius 2 is 1.95 bits per heavy atom. The van der Waals surface area contributed by atoms with Crippen LogP contribution in [-0.4, -0.2) is 30.5 Å². The molecular formula is C15H20ClNO2. The number of hydrogen-bond donors (Lipinski definition) is 0. The zero-order chi connectivity index (χ0) is 14.0. The zero-order valence-corrected chi connectivity index (χ0v) is 12.4. The molecule has 1 aliphatic rings. The Hall–Kier alpha value is -1.06. The van der Waals surface area contributed by atoms with Gasteiger partial charge in [0, 0.05) is 17.0 Å². The summed E-state index contributed by atoms with van der Waals surface area (Å²) in [6.45, 7) is 7.69. The summed E-state index contributed by atoms with van der Waals surface area (Å²) in [4.78, 5) is 14.2. The standard InChI is InChI=1S/C15H20ClNO2/c1-15(2,3)14(18)17-8-9-19-13(10-17)11-4-6-12(16)7-5-11/h4-7,13H,8-10H2,1-3H3. The van der Waals surface area contributed by atoms with E-state index in [4.69, 9.17) is 16.3 Å². The minimum atomic E-state index is -0.345. The van der Waals surface area contributed by atoms with Crippen LogP contribution in [0.1, 0.15) is 32.4 Å². The molecule has 0 saturated carbocycles. The summed E-state index contributed by atoms with van der Waals surface area (Å²) in [6, 6.07) is 7.62. The number of carbonyl (C=O) groups excluding carboxylic acids is 1. The molecule has 3 nitrogen and oxygen atoms in total. The summed E-state index contributed by atoms with van der Waals surface area (Å²) in [5, 5.41) is 0.710. The van der Waals surface area contributed by atoms with Crippen LogP contribution in [0, 0.1) is 5.41 Å². The van der Waals surface area contributed by atoms with E-state index < -0.39 is 0 Å². The lowest BCUT2D eigenvalue weighted by Gasteiger charge is -2.36. The molecule has 1 atom stereocenters. The maximum absolute atomic E-state index is 12.3. The highest BCUT2D eigenvalue weighted by molar-refractivity contribution is 6.30. The highest BCUT2D eigenvalue weighted by Crippen LogP contribution is 2.26. The fourth-order valence-corrected chi connectivity index (χ4v) is 2.31. The molecule has 1 saturated heterocycles. The van der Waals surface area contributed by atoms with Gasteiger partial charge < -0.3 is 9.64 Å². The van der Waals surface area contributed by atoms with Crippen LogP contribution < -0.4 is 0 Å². The minimum absolute atomic E-state index is 0.0580. The van der Waals surface area contributed by atoms with E-state index >= 15 is 0 Å². The first-order valence-electron chi connectivity index (χ1n) is 6.54. The van der Waals surface area contributed by atoms with E-state index in [9.17, 15) is 4.79 Å². The molecule has 1 fully saturated rings. The van der Waals surface area contributed by atoms with E-state index in [-0.39, 0.29) is 17.4 Å². The monoisotopic (exact) mass is 281 g/mol. The summed E-state index contributed by atoms with van der Waals surface area (Å²) in [7, 11) is 0. The van der Waals surface area contributed by atoms with E-state index in [0.717, 1.165) is 5.56 Å². The predicted octanol–water partition coefficient (Wildman–Crippen LogP) is 3.29. The molecule has 104 valence electrons. The molecule has 1 aromatic rings. The van der Waals surface area contributed by atoms with Crippen molar-refractivity contribution in [2.75, 3.05) is 19.7 Å². The number of amides is 1. The van der Waals surface area contributed by atoms with Crippen LogP contribution >= 0.6 is 11.6 Å². The number of morpholine rings is 1. The van der Waals surface area contributed by atoms with Gasteiger partial charge in [0.1, 0.15) is 6.10 Å². The Morgan fingerprint density at radius 3 is 2.53 bits per heavy atom. The topological polar surface area (TPSA) is 29.5 Å². The smallest absolute Gasteiger partial charge is 0.228 e. The number of benzene rings is 1. The van der Waals surface area contributed by atoms with Crippen molar-refractivity contribution in [1.82, 2.24) is 4.90 Å². The predicted molar refractivity (Wildman–Crippen MR) is 76.2 cm³/mol. The summed E-state index contributed by atoms with van der Waals surface area (Å²) in [5.74, 6) is 0.176. The van der Waals surface area contributed by atoms with Crippen molar-refractivity contribution < 1.29 is 9.53 Å². The molecule has 0 N–H and O–H groups in total. The Bertz CT molecular complexity index is 450. The molecule has 1 aromatic carbocycles. The van der Waals surface area contributed by atoms with Crippen molar-refractivity contribution in [3.05, 3.63) is 34.9 Å². The van der Waals surface area contributed by atoms with E-state index in [1.165, 1.54) is 0 Å². The van der Waals surface area contributed by atoms with E-state index in [2.05, 4.69) is 0 Å². The fraction of sp³-hybridized carbons (Fsp3) is 0.533. The summed E-state index contributed by atoms with van der Waals surface area (Å²) >= 11 is 5.88. The molecule has 0 radical (unpaired) electrons.